The quantitative estimate of drug-likeness (QED) is 0.230. The van der Waals surface area contributed by atoms with E-state index in [1.54, 1.807) is 11.1 Å². The van der Waals surface area contributed by atoms with E-state index in [0.717, 1.165) is 0 Å². The summed E-state index contributed by atoms with van der Waals surface area (Å²) in [5.74, 6) is 0. The van der Waals surface area contributed by atoms with E-state index in [1.165, 1.54) is 98.6 Å². The SMILES string of the molecule is CCCCCCCC1(CCCCCCC)c2ccccc2-c2ccc(-c3cccs3)cc21. The summed E-state index contributed by atoms with van der Waals surface area (Å²) in [6.45, 7) is 4.63. The average molecular weight is 445 g/mol. The maximum atomic E-state index is 2.55. The van der Waals surface area contributed by atoms with Gasteiger partial charge in [0.15, 0.2) is 0 Å². The van der Waals surface area contributed by atoms with Gasteiger partial charge in [-0.25, -0.2) is 0 Å². The van der Waals surface area contributed by atoms with Gasteiger partial charge in [-0.15, -0.1) is 11.3 Å². The summed E-state index contributed by atoms with van der Waals surface area (Å²) < 4.78 is 0. The summed E-state index contributed by atoms with van der Waals surface area (Å²) in [5, 5.41) is 2.20. The van der Waals surface area contributed by atoms with Gasteiger partial charge in [-0.05, 0) is 58.2 Å². The molecule has 4 rings (SSSR count). The molecule has 0 nitrogen and oxygen atoms in total. The number of rotatable bonds is 13. The van der Waals surface area contributed by atoms with Gasteiger partial charge in [-0.3, -0.25) is 0 Å². The molecule has 0 fully saturated rings. The van der Waals surface area contributed by atoms with Crippen molar-refractivity contribution in [3.63, 3.8) is 0 Å². The van der Waals surface area contributed by atoms with Crippen LogP contribution >= 0.6 is 11.3 Å². The number of benzene rings is 2. The van der Waals surface area contributed by atoms with Crippen molar-refractivity contribution in [1.29, 1.82) is 0 Å². The molecule has 0 aliphatic heterocycles. The zero-order valence-electron chi connectivity index (χ0n) is 20.2. The van der Waals surface area contributed by atoms with E-state index in [1.807, 2.05) is 11.3 Å². The minimum Gasteiger partial charge on any atom is -0.144 e. The number of unbranched alkanes of at least 4 members (excludes halogenated alkanes) is 8. The van der Waals surface area contributed by atoms with Crippen LogP contribution in [0.5, 0.6) is 0 Å². The van der Waals surface area contributed by atoms with Crippen molar-refractivity contribution in [2.45, 2.75) is 96.3 Å². The zero-order chi connectivity index (χ0) is 22.2. The predicted octanol–water partition coefficient (Wildman–Crippen LogP) is 10.4. The molecule has 1 aliphatic rings. The Morgan fingerprint density at radius 1 is 0.625 bits per heavy atom. The molecule has 1 aromatic heterocycles. The van der Waals surface area contributed by atoms with Gasteiger partial charge in [0.2, 0.25) is 0 Å². The highest BCUT2D eigenvalue weighted by Gasteiger charge is 2.42. The molecule has 0 amide bonds. The molecule has 32 heavy (non-hydrogen) atoms. The fourth-order valence-electron chi connectivity index (χ4n) is 5.78. The molecule has 3 aromatic rings. The van der Waals surface area contributed by atoms with Gasteiger partial charge >= 0.3 is 0 Å². The number of thiophene rings is 1. The van der Waals surface area contributed by atoms with Crippen LogP contribution in [0.25, 0.3) is 21.6 Å². The highest BCUT2D eigenvalue weighted by atomic mass is 32.1. The van der Waals surface area contributed by atoms with Crippen LogP contribution in [-0.4, -0.2) is 0 Å². The first-order chi connectivity index (χ1) is 15.8. The second kappa shape index (κ2) is 11.3. The topological polar surface area (TPSA) is 0 Å². The Labute approximate surface area is 200 Å². The van der Waals surface area contributed by atoms with Gasteiger partial charge in [0.05, 0.1) is 0 Å². The molecule has 0 spiro atoms. The van der Waals surface area contributed by atoms with Crippen molar-refractivity contribution in [3.05, 3.63) is 71.1 Å². The minimum atomic E-state index is 0.192. The van der Waals surface area contributed by atoms with Crippen LogP contribution in [0.15, 0.2) is 60.0 Å². The monoisotopic (exact) mass is 444 g/mol. The van der Waals surface area contributed by atoms with E-state index >= 15 is 0 Å². The standard InChI is InChI=1S/C31H40S/c1-3-5-7-9-13-21-31(22-14-10-8-6-4-2)28-17-12-11-16-26(28)27-20-19-25(24-29(27)31)30-18-15-23-32-30/h11-12,15-20,23-24H,3-10,13-14,21-22H2,1-2H3. The molecule has 0 radical (unpaired) electrons. The lowest BCUT2D eigenvalue weighted by Gasteiger charge is -2.33. The lowest BCUT2D eigenvalue weighted by Crippen LogP contribution is -2.25. The van der Waals surface area contributed by atoms with Gasteiger partial charge in [-0.1, -0.05) is 121 Å². The molecule has 1 heteroatoms. The molecule has 0 saturated heterocycles. The maximum Gasteiger partial charge on any atom is 0.0342 e. The Bertz CT molecular complexity index is 952. The van der Waals surface area contributed by atoms with E-state index < -0.39 is 0 Å². The van der Waals surface area contributed by atoms with Crippen LogP contribution in [0, 0.1) is 0 Å². The molecule has 0 saturated carbocycles. The van der Waals surface area contributed by atoms with Crippen LogP contribution < -0.4 is 0 Å². The summed E-state index contributed by atoms with van der Waals surface area (Å²) >= 11 is 1.86. The Balaban J connectivity index is 1.69. The first kappa shape index (κ1) is 23.3. The molecule has 2 aromatic carbocycles. The van der Waals surface area contributed by atoms with Gasteiger partial charge in [-0.2, -0.15) is 0 Å². The maximum absolute atomic E-state index is 2.55. The van der Waals surface area contributed by atoms with E-state index in [2.05, 4.69) is 73.8 Å². The third kappa shape index (κ3) is 4.88. The third-order valence-corrected chi connectivity index (χ3v) is 8.41. The first-order valence-corrected chi connectivity index (χ1v) is 14.0. The summed E-state index contributed by atoms with van der Waals surface area (Å²) in [6, 6.07) is 21.1. The lowest BCUT2D eigenvalue weighted by atomic mass is 9.70. The predicted molar refractivity (Wildman–Crippen MR) is 143 cm³/mol. The Morgan fingerprint density at radius 3 is 1.94 bits per heavy atom. The average Bonchev–Trinajstić information content (AvgIpc) is 3.45. The Morgan fingerprint density at radius 2 is 1.28 bits per heavy atom. The molecular formula is C31H40S. The summed E-state index contributed by atoms with van der Waals surface area (Å²) in [6.07, 6.45) is 16.2. The summed E-state index contributed by atoms with van der Waals surface area (Å²) in [7, 11) is 0. The van der Waals surface area contributed by atoms with E-state index in [4.69, 9.17) is 0 Å². The molecule has 0 unspecified atom stereocenters. The van der Waals surface area contributed by atoms with Gasteiger partial charge < -0.3 is 0 Å². The molecule has 1 aliphatic carbocycles. The molecular weight excluding hydrogens is 404 g/mol. The van der Waals surface area contributed by atoms with Crippen molar-refractivity contribution in [3.8, 4) is 21.6 Å². The van der Waals surface area contributed by atoms with Crippen molar-refractivity contribution >= 4 is 11.3 Å². The first-order valence-electron chi connectivity index (χ1n) is 13.1. The van der Waals surface area contributed by atoms with Gasteiger partial charge in [0.1, 0.15) is 0 Å². The minimum absolute atomic E-state index is 0.192. The van der Waals surface area contributed by atoms with Crippen molar-refractivity contribution < 1.29 is 0 Å². The number of hydrogen-bond acceptors (Lipinski definition) is 1. The second-order valence-electron chi connectivity index (χ2n) is 9.69. The second-order valence-corrected chi connectivity index (χ2v) is 10.6. The highest BCUT2D eigenvalue weighted by Crippen LogP contribution is 2.55. The van der Waals surface area contributed by atoms with Crippen LogP contribution in [0.2, 0.25) is 0 Å². The fraction of sp³-hybridized carbons (Fsp3) is 0.484. The van der Waals surface area contributed by atoms with Gasteiger partial charge in [0, 0.05) is 10.3 Å². The summed E-state index contributed by atoms with van der Waals surface area (Å²) in [4.78, 5) is 1.39. The molecule has 0 atom stereocenters. The van der Waals surface area contributed by atoms with Gasteiger partial charge in [0.25, 0.3) is 0 Å². The lowest BCUT2D eigenvalue weighted by molar-refractivity contribution is 0.399. The smallest absolute Gasteiger partial charge is 0.0342 e. The normalized spacial score (nSPS) is 13.8. The van der Waals surface area contributed by atoms with Crippen LogP contribution in [0.1, 0.15) is 102 Å². The largest absolute Gasteiger partial charge is 0.144 e. The Kier molecular flexibility index (Phi) is 8.25. The highest BCUT2D eigenvalue weighted by molar-refractivity contribution is 7.13. The molecule has 0 N–H and O–H groups in total. The van der Waals surface area contributed by atoms with Crippen molar-refractivity contribution in [2.75, 3.05) is 0 Å². The third-order valence-electron chi connectivity index (χ3n) is 7.49. The van der Waals surface area contributed by atoms with E-state index in [0.29, 0.717) is 0 Å². The van der Waals surface area contributed by atoms with Crippen molar-refractivity contribution in [1.82, 2.24) is 0 Å². The molecule has 170 valence electrons. The summed E-state index contributed by atoms with van der Waals surface area (Å²) in [5.41, 5.74) is 7.77. The number of hydrogen-bond donors (Lipinski definition) is 0. The van der Waals surface area contributed by atoms with Crippen LogP contribution in [0.4, 0.5) is 0 Å². The molecule has 0 bridgehead atoms. The fourth-order valence-corrected chi connectivity index (χ4v) is 6.50. The molecule has 1 heterocycles. The van der Waals surface area contributed by atoms with E-state index in [9.17, 15) is 0 Å². The van der Waals surface area contributed by atoms with Crippen LogP contribution in [0.3, 0.4) is 0 Å². The zero-order valence-corrected chi connectivity index (χ0v) is 21.0. The Hall–Kier alpha value is -1.86. The number of fused-ring (bicyclic) bond motifs is 3. The van der Waals surface area contributed by atoms with Crippen LogP contribution in [-0.2, 0) is 5.41 Å². The van der Waals surface area contributed by atoms with E-state index in [-0.39, 0.29) is 5.41 Å². The van der Waals surface area contributed by atoms with Crippen molar-refractivity contribution in [2.24, 2.45) is 0 Å².